The summed E-state index contributed by atoms with van der Waals surface area (Å²) in [6.07, 6.45) is 3.54. The number of ether oxygens (including phenoxy) is 2. The van der Waals surface area contributed by atoms with E-state index in [4.69, 9.17) is 10.5 Å². The number of para-hydroxylation sites is 1. The first-order valence-electron chi connectivity index (χ1n) is 6.21. The van der Waals surface area contributed by atoms with Crippen LogP contribution in [-0.4, -0.2) is 36.1 Å². The molecule has 1 atom stereocenters. The molecule has 1 aromatic heterocycles. The third kappa shape index (κ3) is 3.66. The second-order valence-electron chi connectivity index (χ2n) is 4.25. The Bertz CT molecular complexity index is 554. The van der Waals surface area contributed by atoms with Crippen molar-refractivity contribution in [3.8, 4) is 5.69 Å². The molecule has 0 saturated heterocycles. The van der Waals surface area contributed by atoms with E-state index in [1.165, 1.54) is 7.11 Å². The van der Waals surface area contributed by atoms with E-state index in [1.54, 1.807) is 10.9 Å². The van der Waals surface area contributed by atoms with Gasteiger partial charge in [-0.2, -0.15) is 5.10 Å². The molecular weight excluding hydrogens is 258 g/mol. The molecule has 2 N–H and O–H groups in total. The number of hydrogen-bond donors (Lipinski definition) is 1. The number of rotatable bonds is 6. The van der Waals surface area contributed by atoms with E-state index >= 15 is 0 Å². The van der Waals surface area contributed by atoms with Crippen molar-refractivity contribution in [2.45, 2.75) is 6.04 Å². The predicted octanol–water partition coefficient (Wildman–Crippen LogP) is 1.06. The number of carbonyl (C=O) groups is 1. The number of nitrogens with zero attached hydrogens (tertiary/aromatic N) is 2. The SMILES string of the molecule is COC(=O)COCC(N)c1cnn(-c2ccccc2)c1. The second kappa shape index (κ2) is 6.83. The van der Waals surface area contributed by atoms with Crippen LogP contribution in [-0.2, 0) is 14.3 Å². The number of esters is 1. The van der Waals surface area contributed by atoms with E-state index < -0.39 is 5.97 Å². The average molecular weight is 275 g/mol. The van der Waals surface area contributed by atoms with Crippen molar-refractivity contribution < 1.29 is 14.3 Å². The van der Waals surface area contributed by atoms with E-state index in [9.17, 15) is 4.79 Å². The standard InChI is InChI=1S/C14H17N3O3/c1-19-14(18)10-20-9-13(15)11-7-16-17(8-11)12-5-3-2-4-6-12/h2-8,13H,9-10,15H2,1H3. The quantitative estimate of drug-likeness (QED) is 0.797. The molecule has 0 bridgehead atoms. The fraction of sp³-hybridized carbons (Fsp3) is 0.286. The first-order chi connectivity index (χ1) is 9.70. The summed E-state index contributed by atoms with van der Waals surface area (Å²) in [7, 11) is 1.31. The zero-order valence-electron chi connectivity index (χ0n) is 11.2. The van der Waals surface area contributed by atoms with Crippen molar-refractivity contribution >= 4 is 5.97 Å². The summed E-state index contributed by atoms with van der Waals surface area (Å²) >= 11 is 0. The minimum atomic E-state index is -0.419. The molecule has 0 spiro atoms. The molecule has 20 heavy (non-hydrogen) atoms. The number of benzene rings is 1. The van der Waals surface area contributed by atoms with Gasteiger partial charge in [0.05, 0.1) is 31.6 Å². The van der Waals surface area contributed by atoms with E-state index in [1.807, 2.05) is 36.5 Å². The first kappa shape index (κ1) is 14.2. The van der Waals surface area contributed by atoms with Crippen LogP contribution in [0.25, 0.3) is 5.69 Å². The van der Waals surface area contributed by atoms with Gasteiger partial charge in [-0.1, -0.05) is 18.2 Å². The fourth-order valence-corrected chi connectivity index (χ4v) is 1.67. The van der Waals surface area contributed by atoms with Crippen LogP contribution in [0.4, 0.5) is 0 Å². The molecule has 0 fully saturated rings. The molecule has 0 amide bonds. The molecule has 1 aromatic carbocycles. The van der Waals surface area contributed by atoms with E-state index in [0.29, 0.717) is 0 Å². The Balaban J connectivity index is 1.93. The molecule has 0 aliphatic heterocycles. The van der Waals surface area contributed by atoms with Crippen LogP contribution in [0.15, 0.2) is 42.7 Å². The number of methoxy groups -OCH3 is 1. The van der Waals surface area contributed by atoms with Crippen LogP contribution in [0.1, 0.15) is 11.6 Å². The van der Waals surface area contributed by atoms with E-state index in [2.05, 4.69) is 9.84 Å². The van der Waals surface area contributed by atoms with Crippen LogP contribution >= 0.6 is 0 Å². The van der Waals surface area contributed by atoms with Gasteiger partial charge in [-0.15, -0.1) is 0 Å². The smallest absolute Gasteiger partial charge is 0.331 e. The summed E-state index contributed by atoms with van der Waals surface area (Å²) in [6.45, 7) is 0.132. The highest BCUT2D eigenvalue weighted by molar-refractivity contribution is 5.70. The monoisotopic (exact) mass is 275 g/mol. The largest absolute Gasteiger partial charge is 0.467 e. The van der Waals surface area contributed by atoms with Crippen LogP contribution in [0, 0.1) is 0 Å². The first-order valence-corrected chi connectivity index (χ1v) is 6.21. The van der Waals surface area contributed by atoms with Gasteiger partial charge in [-0.3, -0.25) is 0 Å². The third-order valence-corrected chi connectivity index (χ3v) is 2.80. The Morgan fingerprint density at radius 3 is 2.85 bits per heavy atom. The van der Waals surface area contributed by atoms with Gasteiger partial charge in [0, 0.05) is 11.8 Å². The number of hydrogen-bond acceptors (Lipinski definition) is 5. The van der Waals surface area contributed by atoms with Gasteiger partial charge in [-0.05, 0) is 12.1 Å². The van der Waals surface area contributed by atoms with Gasteiger partial charge in [0.25, 0.3) is 0 Å². The number of nitrogens with two attached hydrogens (primary N) is 1. The van der Waals surface area contributed by atoms with Gasteiger partial charge in [0.15, 0.2) is 0 Å². The van der Waals surface area contributed by atoms with Crippen LogP contribution in [0.3, 0.4) is 0 Å². The molecule has 106 valence electrons. The van der Waals surface area contributed by atoms with Crippen molar-refractivity contribution in [2.75, 3.05) is 20.3 Å². The number of aromatic nitrogens is 2. The molecule has 6 nitrogen and oxygen atoms in total. The lowest BCUT2D eigenvalue weighted by Crippen LogP contribution is -2.20. The average Bonchev–Trinajstić information content (AvgIpc) is 2.97. The van der Waals surface area contributed by atoms with Crippen molar-refractivity contribution in [3.63, 3.8) is 0 Å². The Labute approximate surface area is 117 Å². The second-order valence-corrected chi connectivity index (χ2v) is 4.25. The Hall–Kier alpha value is -2.18. The normalized spacial score (nSPS) is 12.1. The molecule has 6 heteroatoms. The summed E-state index contributed by atoms with van der Waals surface area (Å²) in [6, 6.07) is 9.40. The molecule has 0 aliphatic rings. The molecule has 1 heterocycles. The maximum atomic E-state index is 10.9. The number of carbonyl (C=O) groups excluding carboxylic acids is 1. The van der Waals surface area contributed by atoms with Crippen molar-refractivity contribution in [3.05, 3.63) is 48.3 Å². The zero-order valence-corrected chi connectivity index (χ0v) is 11.2. The van der Waals surface area contributed by atoms with Crippen LogP contribution in [0.5, 0.6) is 0 Å². The fourth-order valence-electron chi connectivity index (χ4n) is 1.67. The highest BCUT2D eigenvalue weighted by Crippen LogP contribution is 2.13. The van der Waals surface area contributed by atoms with Crippen LogP contribution < -0.4 is 5.73 Å². The molecule has 0 saturated carbocycles. The predicted molar refractivity (Wildman–Crippen MR) is 73.3 cm³/mol. The lowest BCUT2D eigenvalue weighted by molar-refractivity contribution is -0.146. The lowest BCUT2D eigenvalue weighted by atomic mass is 10.2. The molecule has 0 radical (unpaired) electrons. The van der Waals surface area contributed by atoms with Gasteiger partial charge < -0.3 is 15.2 Å². The summed E-state index contributed by atoms with van der Waals surface area (Å²) in [5.41, 5.74) is 7.79. The Morgan fingerprint density at radius 1 is 1.40 bits per heavy atom. The maximum absolute atomic E-state index is 10.9. The molecule has 1 unspecified atom stereocenters. The zero-order chi connectivity index (χ0) is 14.4. The summed E-state index contributed by atoms with van der Waals surface area (Å²) < 4.78 is 11.4. The minimum Gasteiger partial charge on any atom is -0.467 e. The molecular formula is C14H17N3O3. The minimum absolute atomic E-state index is 0.100. The molecule has 0 aliphatic carbocycles. The third-order valence-electron chi connectivity index (χ3n) is 2.80. The Morgan fingerprint density at radius 2 is 2.15 bits per heavy atom. The van der Waals surface area contributed by atoms with Crippen LogP contribution in [0.2, 0.25) is 0 Å². The van der Waals surface area contributed by atoms with Gasteiger partial charge in [0.1, 0.15) is 6.61 Å². The lowest BCUT2D eigenvalue weighted by Gasteiger charge is -2.09. The van der Waals surface area contributed by atoms with E-state index in [-0.39, 0.29) is 19.3 Å². The summed E-state index contributed by atoms with van der Waals surface area (Å²) in [5, 5.41) is 4.26. The topological polar surface area (TPSA) is 79.4 Å². The van der Waals surface area contributed by atoms with Gasteiger partial charge in [-0.25, -0.2) is 9.48 Å². The molecule has 2 rings (SSSR count). The maximum Gasteiger partial charge on any atom is 0.331 e. The highest BCUT2D eigenvalue weighted by Gasteiger charge is 2.11. The summed E-state index contributed by atoms with van der Waals surface area (Å²) in [4.78, 5) is 10.9. The Kier molecular flexibility index (Phi) is 4.86. The van der Waals surface area contributed by atoms with Crippen molar-refractivity contribution in [2.24, 2.45) is 5.73 Å². The van der Waals surface area contributed by atoms with Gasteiger partial charge in [0.2, 0.25) is 0 Å². The van der Waals surface area contributed by atoms with Crippen molar-refractivity contribution in [1.29, 1.82) is 0 Å². The van der Waals surface area contributed by atoms with Gasteiger partial charge >= 0.3 is 5.97 Å². The highest BCUT2D eigenvalue weighted by atomic mass is 16.6. The molecule has 2 aromatic rings. The summed E-state index contributed by atoms with van der Waals surface area (Å²) in [5.74, 6) is -0.419. The van der Waals surface area contributed by atoms with E-state index in [0.717, 1.165) is 11.3 Å². The van der Waals surface area contributed by atoms with Crippen molar-refractivity contribution in [1.82, 2.24) is 9.78 Å².